The lowest BCUT2D eigenvalue weighted by atomic mass is 10.2. The fourth-order valence-electron chi connectivity index (χ4n) is 4.03. The van der Waals surface area contributed by atoms with Crippen LogP contribution in [0.3, 0.4) is 0 Å². The van der Waals surface area contributed by atoms with Gasteiger partial charge in [0.05, 0.1) is 16.4 Å². The summed E-state index contributed by atoms with van der Waals surface area (Å²) >= 11 is 1.62. The molecule has 34 heavy (non-hydrogen) atoms. The van der Waals surface area contributed by atoms with Crippen molar-refractivity contribution >= 4 is 29.0 Å². The zero-order valence-electron chi connectivity index (χ0n) is 19.1. The van der Waals surface area contributed by atoms with Crippen LogP contribution in [0, 0.1) is 6.92 Å². The van der Waals surface area contributed by atoms with E-state index in [0.29, 0.717) is 19.7 Å². The first-order chi connectivity index (χ1) is 16.6. The quantitative estimate of drug-likeness (QED) is 0.379. The van der Waals surface area contributed by atoms with Crippen molar-refractivity contribution in [2.75, 3.05) is 26.2 Å². The Kier molecular flexibility index (Phi) is 6.69. The van der Waals surface area contributed by atoms with E-state index in [1.54, 1.807) is 17.4 Å². The fraction of sp³-hybridized carbons (Fsp3) is 0.269. The highest BCUT2D eigenvalue weighted by molar-refractivity contribution is 7.09. The second-order valence-corrected chi connectivity index (χ2v) is 9.41. The van der Waals surface area contributed by atoms with Crippen LogP contribution < -0.4 is 4.74 Å². The molecule has 0 radical (unpaired) electrons. The van der Waals surface area contributed by atoms with Gasteiger partial charge in [0.2, 0.25) is 5.91 Å². The predicted molar refractivity (Wildman–Crippen MR) is 134 cm³/mol. The molecule has 1 aliphatic heterocycles. The topological polar surface area (TPSA) is 63.0 Å². The van der Waals surface area contributed by atoms with Crippen LogP contribution in [0.5, 0.6) is 5.75 Å². The molecule has 0 unspecified atom stereocenters. The van der Waals surface area contributed by atoms with Crippen molar-refractivity contribution in [2.24, 2.45) is 0 Å². The summed E-state index contributed by atoms with van der Waals surface area (Å²) < 4.78 is 7.89. The van der Waals surface area contributed by atoms with Crippen molar-refractivity contribution in [1.29, 1.82) is 0 Å². The zero-order chi connectivity index (χ0) is 23.3. The molecule has 0 N–H and O–H groups in total. The van der Waals surface area contributed by atoms with Crippen LogP contribution in [-0.4, -0.2) is 56.3 Å². The zero-order valence-corrected chi connectivity index (χ0v) is 19.9. The van der Waals surface area contributed by atoms with Crippen molar-refractivity contribution in [3.05, 3.63) is 88.3 Å². The van der Waals surface area contributed by atoms with Gasteiger partial charge in [-0.1, -0.05) is 18.2 Å². The molecule has 3 aromatic heterocycles. The molecule has 4 aromatic rings. The van der Waals surface area contributed by atoms with Crippen molar-refractivity contribution < 1.29 is 9.53 Å². The average molecular weight is 474 g/mol. The van der Waals surface area contributed by atoms with Crippen LogP contribution in [0.15, 0.2) is 66.3 Å². The van der Waals surface area contributed by atoms with Crippen molar-refractivity contribution in [3.63, 3.8) is 0 Å². The summed E-state index contributed by atoms with van der Waals surface area (Å²) in [5, 5.41) is 3.04. The highest BCUT2D eigenvalue weighted by Crippen LogP contribution is 2.18. The number of rotatable bonds is 7. The SMILES string of the molecule is Cc1nc(COc2cccc(/C=C/C(=O)N3CCN(Cc4cn5ccccc5n4)CC3)c2)cs1. The molecule has 0 spiro atoms. The number of aryl methyl sites for hydroxylation is 1. The molecule has 1 fully saturated rings. The number of nitrogens with zero attached hydrogens (tertiary/aromatic N) is 5. The molecular weight excluding hydrogens is 446 g/mol. The first-order valence-electron chi connectivity index (χ1n) is 11.4. The predicted octanol–water partition coefficient (Wildman–Crippen LogP) is 4.04. The van der Waals surface area contributed by atoms with Gasteiger partial charge >= 0.3 is 0 Å². The Morgan fingerprint density at radius 2 is 1.97 bits per heavy atom. The maximum atomic E-state index is 12.7. The molecule has 1 saturated heterocycles. The Morgan fingerprint density at radius 3 is 2.76 bits per heavy atom. The number of imidazole rings is 1. The van der Waals surface area contributed by atoms with Crippen molar-refractivity contribution in [2.45, 2.75) is 20.1 Å². The van der Waals surface area contributed by atoms with E-state index in [2.05, 4.69) is 21.1 Å². The number of amides is 1. The van der Waals surface area contributed by atoms with Crippen molar-refractivity contribution in [3.8, 4) is 5.75 Å². The largest absolute Gasteiger partial charge is 0.487 e. The summed E-state index contributed by atoms with van der Waals surface area (Å²) in [6.07, 6.45) is 7.59. The normalized spacial score (nSPS) is 14.8. The lowest BCUT2D eigenvalue weighted by Crippen LogP contribution is -2.47. The minimum Gasteiger partial charge on any atom is -0.487 e. The summed E-state index contributed by atoms with van der Waals surface area (Å²) in [5.41, 5.74) is 3.88. The standard InChI is InChI=1S/C26H27N5O2S/c1-20-27-23(19-34-20)18-33-24-6-4-5-21(15-24)8-9-26(32)30-13-11-29(12-14-30)16-22-17-31-10-3-2-7-25(31)28-22/h2-10,15,17,19H,11-14,16,18H2,1H3/b9-8+. The van der Waals surface area contributed by atoms with Gasteiger partial charge in [-0.25, -0.2) is 9.97 Å². The Labute approximate surface area is 202 Å². The minimum absolute atomic E-state index is 0.0386. The summed E-state index contributed by atoms with van der Waals surface area (Å²) in [4.78, 5) is 26.1. The Hall–Kier alpha value is -3.49. The van der Waals surface area contributed by atoms with Gasteiger partial charge in [0.1, 0.15) is 18.0 Å². The molecule has 7 nitrogen and oxygen atoms in total. The summed E-state index contributed by atoms with van der Waals surface area (Å²) in [7, 11) is 0. The molecule has 8 heteroatoms. The van der Waals surface area contributed by atoms with E-state index >= 15 is 0 Å². The maximum absolute atomic E-state index is 12.7. The number of carbonyl (C=O) groups excluding carboxylic acids is 1. The number of pyridine rings is 1. The third-order valence-electron chi connectivity index (χ3n) is 5.81. The first-order valence-corrected chi connectivity index (χ1v) is 12.3. The number of thiazole rings is 1. The smallest absolute Gasteiger partial charge is 0.246 e. The van der Waals surface area contributed by atoms with Crippen LogP contribution in [0.25, 0.3) is 11.7 Å². The molecule has 0 saturated carbocycles. The van der Waals surface area contributed by atoms with Crippen LogP contribution in [0.2, 0.25) is 0 Å². The van der Waals surface area contributed by atoms with Gasteiger partial charge in [0.15, 0.2) is 0 Å². The molecular formula is C26H27N5O2S. The van der Waals surface area contributed by atoms with E-state index in [4.69, 9.17) is 4.74 Å². The van der Waals surface area contributed by atoms with Gasteiger partial charge < -0.3 is 14.0 Å². The number of fused-ring (bicyclic) bond motifs is 1. The van der Waals surface area contributed by atoms with E-state index in [0.717, 1.165) is 53.0 Å². The van der Waals surface area contributed by atoms with Gasteiger partial charge in [0, 0.05) is 56.6 Å². The van der Waals surface area contributed by atoms with Gasteiger partial charge in [-0.05, 0) is 42.8 Å². The van der Waals surface area contributed by atoms with Crippen molar-refractivity contribution in [1.82, 2.24) is 24.2 Å². The van der Waals surface area contributed by atoms with E-state index in [9.17, 15) is 4.79 Å². The Bertz CT molecular complexity index is 1270. The van der Waals surface area contributed by atoms with Crippen LogP contribution >= 0.6 is 11.3 Å². The number of hydrogen-bond donors (Lipinski definition) is 0. The summed E-state index contributed by atoms with van der Waals surface area (Å²) in [6.45, 7) is 6.33. The molecule has 0 aliphatic carbocycles. The van der Waals surface area contributed by atoms with Gasteiger partial charge in [-0.3, -0.25) is 9.69 Å². The van der Waals surface area contributed by atoms with Gasteiger partial charge in [-0.15, -0.1) is 11.3 Å². The van der Waals surface area contributed by atoms with Gasteiger partial charge in [0.25, 0.3) is 0 Å². The maximum Gasteiger partial charge on any atom is 0.246 e. The lowest BCUT2D eigenvalue weighted by Gasteiger charge is -2.33. The molecule has 4 heterocycles. The highest BCUT2D eigenvalue weighted by Gasteiger charge is 2.20. The van der Waals surface area contributed by atoms with E-state index in [1.165, 1.54) is 0 Å². The first kappa shape index (κ1) is 22.3. The molecule has 174 valence electrons. The fourth-order valence-corrected chi connectivity index (χ4v) is 4.63. The van der Waals surface area contributed by atoms with Gasteiger partial charge in [-0.2, -0.15) is 0 Å². The third-order valence-corrected chi connectivity index (χ3v) is 6.64. The highest BCUT2D eigenvalue weighted by atomic mass is 32.1. The molecule has 1 aliphatic rings. The second kappa shape index (κ2) is 10.2. The summed E-state index contributed by atoms with van der Waals surface area (Å²) in [6, 6.07) is 13.8. The molecule has 1 aromatic carbocycles. The molecule has 0 atom stereocenters. The molecule has 0 bridgehead atoms. The van der Waals surface area contributed by atoms with E-state index in [-0.39, 0.29) is 5.91 Å². The number of benzene rings is 1. The lowest BCUT2D eigenvalue weighted by molar-refractivity contribution is -0.127. The van der Waals surface area contributed by atoms with Crippen LogP contribution in [0.4, 0.5) is 0 Å². The van der Waals surface area contributed by atoms with E-state index in [1.807, 2.05) is 76.3 Å². The molecule has 5 rings (SSSR count). The van der Waals surface area contributed by atoms with E-state index < -0.39 is 0 Å². The van der Waals surface area contributed by atoms with Crippen LogP contribution in [-0.2, 0) is 17.9 Å². The monoisotopic (exact) mass is 473 g/mol. The average Bonchev–Trinajstić information content (AvgIpc) is 3.47. The number of ether oxygens (including phenoxy) is 1. The number of aromatic nitrogens is 3. The third kappa shape index (κ3) is 5.52. The second-order valence-electron chi connectivity index (χ2n) is 8.35. The summed E-state index contributed by atoms with van der Waals surface area (Å²) in [5.74, 6) is 0.803. The Balaban J connectivity index is 1.11. The minimum atomic E-state index is 0.0386. The number of carbonyl (C=O) groups is 1. The number of hydrogen-bond acceptors (Lipinski definition) is 6. The number of piperazine rings is 1. The molecule has 1 amide bonds. The van der Waals surface area contributed by atoms with Crippen LogP contribution in [0.1, 0.15) is 22.0 Å². The Morgan fingerprint density at radius 1 is 1.09 bits per heavy atom.